The topological polar surface area (TPSA) is 129 Å². The lowest BCUT2D eigenvalue weighted by molar-refractivity contribution is 0.0587. The minimum absolute atomic E-state index is 0.127. The number of H-pyrrole nitrogens is 1. The zero-order valence-corrected chi connectivity index (χ0v) is 10.9. The summed E-state index contributed by atoms with van der Waals surface area (Å²) in [6.07, 6.45) is 1.26. The summed E-state index contributed by atoms with van der Waals surface area (Å²) in [6, 6.07) is 4.80. The van der Waals surface area contributed by atoms with Gasteiger partial charge in [0, 0.05) is 5.69 Å². The van der Waals surface area contributed by atoms with Crippen LogP contribution in [0, 0.1) is 0 Å². The fourth-order valence-corrected chi connectivity index (χ4v) is 1.80. The van der Waals surface area contributed by atoms with Crippen LogP contribution in [0.3, 0.4) is 0 Å². The Morgan fingerprint density at radius 2 is 2.24 bits per heavy atom. The van der Waals surface area contributed by atoms with Gasteiger partial charge >= 0.3 is 5.97 Å². The van der Waals surface area contributed by atoms with Crippen LogP contribution < -0.4 is 11.3 Å². The van der Waals surface area contributed by atoms with E-state index in [4.69, 9.17) is 5.73 Å². The summed E-state index contributed by atoms with van der Waals surface area (Å²) in [4.78, 5) is 33.9. The van der Waals surface area contributed by atoms with Crippen LogP contribution in [-0.4, -0.2) is 37.8 Å². The number of nitrogens with zero attached hydrogens (tertiary/aromatic N) is 4. The number of methoxy groups -OCH3 is 1. The quantitative estimate of drug-likeness (QED) is 0.496. The van der Waals surface area contributed by atoms with Gasteiger partial charge in [0.05, 0.1) is 18.0 Å². The molecule has 0 saturated heterocycles. The van der Waals surface area contributed by atoms with E-state index >= 15 is 0 Å². The molecule has 1 aromatic carbocycles. The Morgan fingerprint density at radius 1 is 1.43 bits per heavy atom. The molecule has 2 aromatic heterocycles. The fourth-order valence-electron chi connectivity index (χ4n) is 1.80. The molecule has 0 spiro atoms. The van der Waals surface area contributed by atoms with Crippen molar-refractivity contribution < 1.29 is 9.53 Å². The van der Waals surface area contributed by atoms with Crippen LogP contribution in [0.4, 0.5) is 5.69 Å². The predicted molar refractivity (Wildman–Crippen MR) is 73.0 cm³/mol. The lowest BCUT2D eigenvalue weighted by atomic mass is 10.2. The number of esters is 1. The van der Waals surface area contributed by atoms with Crippen molar-refractivity contribution in [3.8, 4) is 5.95 Å². The summed E-state index contributed by atoms with van der Waals surface area (Å²) in [7, 11) is 1.23. The van der Waals surface area contributed by atoms with Gasteiger partial charge in [0.15, 0.2) is 0 Å². The van der Waals surface area contributed by atoms with Crippen molar-refractivity contribution in [3.05, 3.63) is 40.7 Å². The average molecular weight is 286 g/mol. The standard InChI is InChI=1S/C12H10N6O3/c1-21-11(20)9-14-5-18(17-9)12-15-8-3-2-6(13)4-7(8)10(19)16-12/h2-5H,13H2,1H3,(H,15,16,19). The number of fused-ring (bicyclic) bond motifs is 1. The first-order chi connectivity index (χ1) is 10.1. The molecule has 9 heteroatoms. The number of aromatic nitrogens is 5. The third-order valence-electron chi connectivity index (χ3n) is 2.79. The lowest BCUT2D eigenvalue weighted by Crippen LogP contribution is -2.14. The molecule has 9 nitrogen and oxygen atoms in total. The molecule has 0 aliphatic heterocycles. The molecule has 0 aliphatic carbocycles. The molecule has 3 rings (SSSR count). The fraction of sp³-hybridized carbons (Fsp3) is 0.0833. The van der Waals surface area contributed by atoms with Crippen LogP contribution in [0.1, 0.15) is 10.6 Å². The number of anilines is 1. The normalized spacial score (nSPS) is 10.7. The van der Waals surface area contributed by atoms with Gasteiger partial charge in [-0.2, -0.15) is 4.68 Å². The minimum atomic E-state index is -0.676. The minimum Gasteiger partial charge on any atom is -0.463 e. The number of carbonyl (C=O) groups is 1. The number of nitrogen functional groups attached to an aromatic ring is 1. The SMILES string of the molecule is COC(=O)c1ncn(-c2nc3ccc(N)cc3c(=O)[nH]2)n1. The molecule has 21 heavy (non-hydrogen) atoms. The van der Waals surface area contributed by atoms with E-state index in [-0.39, 0.29) is 17.3 Å². The maximum atomic E-state index is 12.0. The van der Waals surface area contributed by atoms with Gasteiger partial charge in [-0.05, 0) is 18.2 Å². The average Bonchev–Trinajstić information content (AvgIpc) is 2.97. The van der Waals surface area contributed by atoms with Crippen LogP contribution in [0.25, 0.3) is 16.9 Å². The molecule has 106 valence electrons. The molecule has 0 bridgehead atoms. The van der Waals surface area contributed by atoms with E-state index in [1.807, 2.05) is 0 Å². The number of nitrogens with one attached hydrogen (secondary N) is 1. The van der Waals surface area contributed by atoms with E-state index in [1.165, 1.54) is 24.2 Å². The summed E-state index contributed by atoms with van der Waals surface area (Å²) < 4.78 is 5.69. The first-order valence-corrected chi connectivity index (χ1v) is 5.88. The monoisotopic (exact) mass is 286 g/mol. The Labute approximate surface area is 117 Å². The number of hydrogen-bond donors (Lipinski definition) is 2. The van der Waals surface area contributed by atoms with Gasteiger partial charge in [-0.3, -0.25) is 9.78 Å². The number of ether oxygens (including phenoxy) is 1. The number of carbonyl (C=O) groups excluding carboxylic acids is 1. The van der Waals surface area contributed by atoms with Crippen molar-refractivity contribution in [3.63, 3.8) is 0 Å². The van der Waals surface area contributed by atoms with Crippen molar-refractivity contribution in [1.82, 2.24) is 24.7 Å². The number of hydrogen-bond acceptors (Lipinski definition) is 7. The predicted octanol–water partition coefficient (Wildman–Crippen LogP) is -0.127. The lowest BCUT2D eigenvalue weighted by Gasteiger charge is -2.02. The van der Waals surface area contributed by atoms with Gasteiger partial charge < -0.3 is 10.5 Å². The molecule has 0 saturated carbocycles. The second-order valence-corrected chi connectivity index (χ2v) is 4.17. The van der Waals surface area contributed by atoms with Crippen LogP contribution in [0.15, 0.2) is 29.3 Å². The van der Waals surface area contributed by atoms with Gasteiger partial charge in [-0.15, -0.1) is 5.10 Å². The molecule has 2 heterocycles. The smallest absolute Gasteiger partial charge is 0.377 e. The molecule has 0 amide bonds. The van der Waals surface area contributed by atoms with Gasteiger partial charge in [0.1, 0.15) is 6.33 Å². The third kappa shape index (κ3) is 2.20. The molecule has 0 radical (unpaired) electrons. The van der Waals surface area contributed by atoms with E-state index in [2.05, 4.69) is 24.8 Å². The highest BCUT2D eigenvalue weighted by atomic mass is 16.5. The van der Waals surface area contributed by atoms with E-state index in [9.17, 15) is 9.59 Å². The van der Waals surface area contributed by atoms with Crippen LogP contribution in [-0.2, 0) is 4.74 Å². The Kier molecular flexibility index (Phi) is 2.87. The van der Waals surface area contributed by atoms with Gasteiger partial charge in [0.25, 0.3) is 11.4 Å². The summed E-state index contributed by atoms with van der Waals surface area (Å²) in [5, 5.41) is 4.26. The highest BCUT2D eigenvalue weighted by Crippen LogP contribution is 2.12. The van der Waals surface area contributed by atoms with E-state index in [0.29, 0.717) is 16.6 Å². The summed E-state index contributed by atoms with van der Waals surface area (Å²) >= 11 is 0. The van der Waals surface area contributed by atoms with Gasteiger partial charge in [-0.1, -0.05) is 0 Å². The molecular formula is C12H10N6O3. The summed E-state index contributed by atoms with van der Waals surface area (Å²) in [5.74, 6) is -0.665. The highest BCUT2D eigenvalue weighted by Gasteiger charge is 2.13. The third-order valence-corrected chi connectivity index (χ3v) is 2.79. The van der Waals surface area contributed by atoms with Crippen molar-refractivity contribution in [2.45, 2.75) is 0 Å². The summed E-state index contributed by atoms with van der Waals surface area (Å²) in [6.45, 7) is 0. The second-order valence-electron chi connectivity index (χ2n) is 4.17. The molecule has 0 aliphatic rings. The van der Waals surface area contributed by atoms with Crippen molar-refractivity contribution in [2.24, 2.45) is 0 Å². The van der Waals surface area contributed by atoms with Gasteiger partial charge in [0.2, 0.25) is 5.95 Å². The number of aromatic amines is 1. The van der Waals surface area contributed by atoms with Crippen LogP contribution in [0.5, 0.6) is 0 Å². The van der Waals surface area contributed by atoms with Crippen molar-refractivity contribution in [1.29, 1.82) is 0 Å². The molecule has 3 aromatic rings. The Bertz CT molecular complexity index is 897. The summed E-state index contributed by atoms with van der Waals surface area (Å²) in [5.41, 5.74) is 6.20. The largest absolute Gasteiger partial charge is 0.463 e. The second kappa shape index (κ2) is 4.71. The molecule has 0 fully saturated rings. The first-order valence-electron chi connectivity index (χ1n) is 5.88. The van der Waals surface area contributed by atoms with E-state index in [1.54, 1.807) is 12.1 Å². The number of benzene rings is 1. The highest BCUT2D eigenvalue weighted by molar-refractivity contribution is 5.84. The number of rotatable bonds is 2. The Morgan fingerprint density at radius 3 is 3.00 bits per heavy atom. The molecule has 0 atom stereocenters. The molecular weight excluding hydrogens is 276 g/mol. The van der Waals surface area contributed by atoms with Crippen LogP contribution >= 0.6 is 0 Å². The molecule has 3 N–H and O–H groups in total. The van der Waals surface area contributed by atoms with Crippen LogP contribution in [0.2, 0.25) is 0 Å². The first kappa shape index (κ1) is 12.8. The maximum absolute atomic E-state index is 12.0. The van der Waals surface area contributed by atoms with E-state index < -0.39 is 5.97 Å². The van der Waals surface area contributed by atoms with E-state index in [0.717, 1.165) is 0 Å². The van der Waals surface area contributed by atoms with Crippen molar-refractivity contribution in [2.75, 3.05) is 12.8 Å². The maximum Gasteiger partial charge on any atom is 0.377 e. The van der Waals surface area contributed by atoms with Gasteiger partial charge in [-0.25, -0.2) is 14.8 Å². The molecule has 0 unspecified atom stereocenters. The Hall–Kier alpha value is -3.23. The van der Waals surface area contributed by atoms with Crippen molar-refractivity contribution >= 4 is 22.6 Å². The number of nitrogens with two attached hydrogens (primary N) is 1. The zero-order chi connectivity index (χ0) is 15.0. The Balaban J connectivity index is 2.13. The zero-order valence-electron chi connectivity index (χ0n) is 10.9.